The fraction of sp³-hybridized carbons (Fsp3) is 0.333. The molecule has 0 N–H and O–H groups in total. The monoisotopic (exact) mass is 365 g/mol. The molecule has 0 saturated heterocycles. The van der Waals surface area contributed by atoms with E-state index in [0.717, 1.165) is 12.8 Å². The fourth-order valence-electron chi connectivity index (χ4n) is 3.65. The molecule has 0 aromatic heterocycles. The zero-order valence-corrected chi connectivity index (χ0v) is 15.8. The number of hydrogen-bond acceptors (Lipinski definition) is 0. The van der Waals surface area contributed by atoms with Crippen LogP contribution in [-0.2, 0) is 24.7 Å². The van der Waals surface area contributed by atoms with Crippen molar-refractivity contribution in [2.24, 2.45) is 0 Å². The van der Waals surface area contributed by atoms with E-state index in [1.54, 1.807) is 44.7 Å². The summed E-state index contributed by atoms with van der Waals surface area (Å²) in [5.74, 6) is 0.558. The molecule has 2 aliphatic rings. The van der Waals surface area contributed by atoms with E-state index < -0.39 is 0 Å². The van der Waals surface area contributed by atoms with Crippen molar-refractivity contribution in [3.05, 3.63) is 74.6 Å². The molecule has 0 heterocycles. The van der Waals surface area contributed by atoms with Gasteiger partial charge in [0.1, 0.15) is 0 Å². The SMILES string of the molecule is C=CCC1[C]([Zr])=C(C2=C(CCCC)C=CC2)c2ccccc21. The van der Waals surface area contributed by atoms with Crippen molar-refractivity contribution >= 4 is 5.57 Å². The van der Waals surface area contributed by atoms with E-state index in [9.17, 15) is 0 Å². The summed E-state index contributed by atoms with van der Waals surface area (Å²) in [5, 5.41) is 0. The van der Waals surface area contributed by atoms with Gasteiger partial charge in [-0.1, -0.05) is 0 Å². The summed E-state index contributed by atoms with van der Waals surface area (Å²) in [6, 6.07) is 9.00. The molecule has 1 aromatic rings. The van der Waals surface area contributed by atoms with Gasteiger partial charge in [-0.2, -0.15) is 0 Å². The third-order valence-corrected chi connectivity index (χ3v) is 6.23. The van der Waals surface area contributed by atoms with Crippen LogP contribution in [0.3, 0.4) is 0 Å². The summed E-state index contributed by atoms with van der Waals surface area (Å²) in [7, 11) is 0. The van der Waals surface area contributed by atoms with Crippen LogP contribution in [0.4, 0.5) is 0 Å². The van der Waals surface area contributed by atoms with Crippen molar-refractivity contribution in [3.63, 3.8) is 0 Å². The zero-order valence-electron chi connectivity index (χ0n) is 13.4. The van der Waals surface area contributed by atoms with Crippen LogP contribution in [0.1, 0.15) is 56.1 Å². The van der Waals surface area contributed by atoms with Gasteiger partial charge in [0.15, 0.2) is 0 Å². The molecule has 0 nitrogen and oxygen atoms in total. The summed E-state index contributed by atoms with van der Waals surface area (Å²) >= 11 is 1.56. The third kappa shape index (κ3) is 2.81. The summed E-state index contributed by atoms with van der Waals surface area (Å²) in [6.45, 7) is 6.25. The van der Waals surface area contributed by atoms with Crippen LogP contribution >= 0.6 is 0 Å². The number of benzene rings is 1. The number of rotatable bonds is 6. The second kappa shape index (κ2) is 7.09. The first-order chi connectivity index (χ1) is 10.8. The van der Waals surface area contributed by atoms with Gasteiger partial charge in [0.25, 0.3) is 0 Å². The van der Waals surface area contributed by atoms with Crippen LogP contribution in [0.2, 0.25) is 0 Å². The molecule has 0 saturated carbocycles. The topological polar surface area (TPSA) is 0 Å². The van der Waals surface area contributed by atoms with Crippen LogP contribution < -0.4 is 0 Å². The van der Waals surface area contributed by atoms with Gasteiger partial charge >= 0.3 is 150 Å². The van der Waals surface area contributed by atoms with Gasteiger partial charge in [0, 0.05) is 0 Å². The molecule has 3 rings (SSSR count). The molecule has 111 valence electrons. The van der Waals surface area contributed by atoms with E-state index in [1.165, 1.54) is 30.4 Å². The first-order valence-corrected chi connectivity index (χ1v) is 9.55. The molecule has 0 amide bonds. The van der Waals surface area contributed by atoms with E-state index in [0.29, 0.717) is 5.92 Å². The molecular weight excluding hydrogens is 343 g/mol. The number of allylic oxidation sites excluding steroid dienone is 7. The number of unbranched alkanes of at least 4 members (excludes halogenated alkanes) is 1. The minimum absolute atomic E-state index is 0.558. The molecule has 0 bridgehead atoms. The Morgan fingerprint density at radius 3 is 2.91 bits per heavy atom. The Morgan fingerprint density at radius 1 is 1.32 bits per heavy atom. The molecule has 0 radical (unpaired) electrons. The van der Waals surface area contributed by atoms with Crippen LogP contribution in [-0.4, -0.2) is 0 Å². The van der Waals surface area contributed by atoms with Gasteiger partial charge in [-0.25, -0.2) is 0 Å². The van der Waals surface area contributed by atoms with Crippen LogP contribution in [0, 0.1) is 0 Å². The summed E-state index contributed by atoms with van der Waals surface area (Å²) in [5.41, 5.74) is 7.73. The van der Waals surface area contributed by atoms with E-state index >= 15 is 0 Å². The Hall–Kier alpha value is -0.937. The minimum atomic E-state index is 0.558. The van der Waals surface area contributed by atoms with Crippen molar-refractivity contribution in [1.82, 2.24) is 0 Å². The van der Waals surface area contributed by atoms with E-state index in [-0.39, 0.29) is 0 Å². The number of hydrogen-bond donors (Lipinski definition) is 0. The third-order valence-electron chi connectivity index (χ3n) is 4.76. The van der Waals surface area contributed by atoms with Crippen LogP contribution in [0.5, 0.6) is 0 Å². The average molecular weight is 367 g/mol. The van der Waals surface area contributed by atoms with E-state index in [2.05, 4.69) is 56.0 Å². The van der Waals surface area contributed by atoms with Gasteiger partial charge in [0.05, 0.1) is 0 Å². The Kier molecular flexibility index (Phi) is 5.14. The predicted molar refractivity (Wildman–Crippen MR) is 91.2 cm³/mol. The molecule has 0 spiro atoms. The summed E-state index contributed by atoms with van der Waals surface area (Å²) in [4.78, 5) is 0. The summed E-state index contributed by atoms with van der Waals surface area (Å²) in [6.07, 6.45) is 12.8. The van der Waals surface area contributed by atoms with Crippen molar-refractivity contribution in [2.45, 2.75) is 44.9 Å². The Balaban J connectivity index is 2.07. The fourth-order valence-corrected chi connectivity index (χ4v) is 5.03. The maximum atomic E-state index is 3.97. The maximum absolute atomic E-state index is 3.97. The first-order valence-electron chi connectivity index (χ1n) is 8.32. The van der Waals surface area contributed by atoms with E-state index in [4.69, 9.17) is 0 Å². The molecule has 2 aliphatic carbocycles. The number of fused-ring (bicyclic) bond motifs is 1. The molecular formula is C21H23Zr. The van der Waals surface area contributed by atoms with Crippen molar-refractivity contribution in [1.29, 1.82) is 0 Å². The molecule has 1 unspecified atom stereocenters. The standard InChI is InChI=1S/C21H23.Zr/c1-3-5-10-16-11-8-14-18(16)21-15-17(9-4-2)19-12-6-7-13-20(19)21;/h4,6-8,11-13,17H,2-3,5,9-10,14H2,1H3;. The second-order valence-corrected chi connectivity index (χ2v) is 7.49. The van der Waals surface area contributed by atoms with Crippen LogP contribution in [0.15, 0.2) is 63.5 Å². The Bertz CT molecular complexity index is 673. The molecule has 22 heavy (non-hydrogen) atoms. The predicted octanol–water partition coefficient (Wildman–Crippen LogP) is 6.06. The van der Waals surface area contributed by atoms with Crippen molar-refractivity contribution in [2.75, 3.05) is 0 Å². The average Bonchev–Trinajstić information content (AvgIpc) is 3.09. The Labute approximate surface area is 149 Å². The van der Waals surface area contributed by atoms with Gasteiger partial charge < -0.3 is 0 Å². The van der Waals surface area contributed by atoms with Crippen LogP contribution in [0.25, 0.3) is 5.57 Å². The zero-order chi connectivity index (χ0) is 15.5. The molecule has 1 atom stereocenters. The van der Waals surface area contributed by atoms with Crippen molar-refractivity contribution < 1.29 is 24.7 Å². The van der Waals surface area contributed by atoms with Crippen molar-refractivity contribution in [3.8, 4) is 0 Å². The molecule has 1 heteroatoms. The van der Waals surface area contributed by atoms with E-state index in [1.807, 2.05) is 0 Å². The van der Waals surface area contributed by atoms with Gasteiger partial charge in [-0.05, 0) is 0 Å². The quantitative estimate of drug-likeness (QED) is 0.536. The summed E-state index contributed by atoms with van der Waals surface area (Å²) < 4.78 is 1.63. The molecule has 0 aliphatic heterocycles. The molecule has 0 fully saturated rings. The van der Waals surface area contributed by atoms with Gasteiger partial charge in [-0.3, -0.25) is 0 Å². The second-order valence-electron chi connectivity index (χ2n) is 6.17. The van der Waals surface area contributed by atoms with Gasteiger partial charge in [-0.15, -0.1) is 0 Å². The normalized spacial score (nSPS) is 19.9. The molecule has 1 aromatic carbocycles. The van der Waals surface area contributed by atoms with Gasteiger partial charge in [0.2, 0.25) is 0 Å². The first kappa shape index (κ1) is 15.9. The Morgan fingerprint density at radius 2 is 2.14 bits per heavy atom.